The average molecular weight is 204 g/mol. The number of aromatic nitrogens is 1. The molecule has 0 unspecified atom stereocenters. The van der Waals surface area contributed by atoms with Crippen molar-refractivity contribution in [2.24, 2.45) is 7.05 Å². The number of nitrogen functional groups attached to an aromatic ring is 1. The van der Waals surface area contributed by atoms with Gasteiger partial charge in [-0.25, -0.2) is 0 Å². The Morgan fingerprint density at radius 1 is 1.40 bits per heavy atom. The molecular formula is C12H16N2O. The highest BCUT2D eigenvalue weighted by molar-refractivity contribution is 5.92. The lowest BCUT2D eigenvalue weighted by Crippen LogP contribution is -1.99. The van der Waals surface area contributed by atoms with Gasteiger partial charge in [-0.1, -0.05) is 6.07 Å². The van der Waals surface area contributed by atoms with Crippen LogP contribution in [0.5, 0.6) is 0 Å². The molecule has 0 aliphatic carbocycles. The topological polar surface area (TPSA) is 40.2 Å². The van der Waals surface area contributed by atoms with E-state index in [1.807, 2.05) is 26.1 Å². The minimum atomic E-state index is 0.640. The summed E-state index contributed by atoms with van der Waals surface area (Å²) in [4.78, 5) is 0. The molecule has 1 aromatic carbocycles. The Bertz CT molecular complexity index is 474. The lowest BCUT2D eigenvalue weighted by molar-refractivity contribution is 0.129. The van der Waals surface area contributed by atoms with Crippen LogP contribution in [-0.2, 0) is 18.4 Å². The Kier molecular flexibility index (Phi) is 2.64. The van der Waals surface area contributed by atoms with Gasteiger partial charge in [0.2, 0.25) is 0 Å². The van der Waals surface area contributed by atoms with Gasteiger partial charge in [-0.05, 0) is 25.1 Å². The van der Waals surface area contributed by atoms with Gasteiger partial charge in [-0.3, -0.25) is 0 Å². The summed E-state index contributed by atoms with van der Waals surface area (Å²) in [5, 5.41) is 1.11. The maximum absolute atomic E-state index is 5.91. The summed E-state index contributed by atoms with van der Waals surface area (Å²) < 4.78 is 7.53. The van der Waals surface area contributed by atoms with Crippen LogP contribution in [0.2, 0.25) is 0 Å². The predicted octanol–water partition coefficient (Wildman–Crippen LogP) is 2.30. The largest absolute Gasteiger partial charge is 0.398 e. The normalized spacial score (nSPS) is 11.1. The summed E-state index contributed by atoms with van der Waals surface area (Å²) >= 11 is 0. The number of ether oxygens (including phenoxy) is 1. The Morgan fingerprint density at radius 3 is 2.87 bits per heavy atom. The molecule has 15 heavy (non-hydrogen) atoms. The van der Waals surface area contributed by atoms with Gasteiger partial charge in [0.25, 0.3) is 0 Å². The highest BCUT2D eigenvalue weighted by Gasteiger charge is 2.06. The van der Waals surface area contributed by atoms with E-state index in [0.717, 1.165) is 28.9 Å². The van der Waals surface area contributed by atoms with Crippen LogP contribution in [0.15, 0.2) is 24.3 Å². The molecule has 3 heteroatoms. The molecule has 2 N–H and O–H groups in total. The summed E-state index contributed by atoms with van der Waals surface area (Å²) in [5.41, 5.74) is 9.05. The minimum absolute atomic E-state index is 0.640. The van der Waals surface area contributed by atoms with Crippen molar-refractivity contribution < 1.29 is 4.74 Å². The molecule has 3 nitrogen and oxygen atoms in total. The Hall–Kier alpha value is -1.48. The van der Waals surface area contributed by atoms with Crippen LogP contribution in [0.4, 0.5) is 5.69 Å². The molecule has 0 saturated carbocycles. The van der Waals surface area contributed by atoms with Gasteiger partial charge in [0.15, 0.2) is 0 Å². The SMILES string of the molecule is CCOCc1cc2c(N)cccc2n1C. The number of nitrogens with zero attached hydrogens (tertiary/aromatic N) is 1. The van der Waals surface area contributed by atoms with Gasteiger partial charge in [-0.15, -0.1) is 0 Å². The van der Waals surface area contributed by atoms with E-state index < -0.39 is 0 Å². The van der Waals surface area contributed by atoms with Gasteiger partial charge in [0.05, 0.1) is 12.1 Å². The first-order valence-electron chi connectivity index (χ1n) is 5.14. The van der Waals surface area contributed by atoms with Crippen molar-refractivity contribution in [2.45, 2.75) is 13.5 Å². The molecule has 0 atom stereocenters. The quantitative estimate of drug-likeness (QED) is 0.779. The molecule has 0 aliphatic rings. The van der Waals surface area contributed by atoms with Crippen molar-refractivity contribution in [3.8, 4) is 0 Å². The van der Waals surface area contributed by atoms with Gasteiger partial charge >= 0.3 is 0 Å². The maximum atomic E-state index is 5.91. The molecule has 0 radical (unpaired) electrons. The molecule has 0 saturated heterocycles. The van der Waals surface area contributed by atoms with Crippen molar-refractivity contribution in [1.29, 1.82) is 0 Å². The summed E-state index contributed by atoms with van der Waals surface area (Å²) in [6, 6.07) is 8.07. The highest BCUT2D eigenvalue weighted by Crippen LogP contribution is 2.24. The van der Waals surface area contributed by atoms with Crippen LogP contribution in [-0.4, -0.2) is 11.2 Å². The standard InChI is InChI=1S/C12H16N2O/c1-3-15-8-9-7-10-11(13)5-4-6-12(10)14(9)2/h4-7H,3,8,13H2,1-2H3. The fourth-order valence-electron chi connectivity index (χ4n) is 1.78. The van der Waals surface area contributed by atoms with Crippen LogP contribution in [0.25, 0.3) is 10.9 Å². The third-order valence-corrected chi connectivity index (χ3v) is 2.67. The minimum Gasteiger partial charge on any atom is -0.398 e. The molecule has 0 amide bonds. The molecule has 1 heterocycles. The first kappa shape index (κ1) is 10.1. The zero-order valence-corrected chi connectivity index (χ0v) is 9.16. The first-order valence-corrected chi connectivity index (χ1v) is 5.14. The fourth-order valence-corrected chi connectivity index (χ4v) is 1.78. The fraction of sp³-hybridized carbons (Fsp3) is 0.333. The lowest BCUT2D eigenvalue weighted by atomic mass is 10.2. The zero-order valence-electron chi connectivity index (χ0n) is 9.16. The number of aryl methyl sites for hydroxylation is 1. The smallest absolute Gasteiger partial charge is 0.0867 e. The van der Waals surface area contributed by atoms with Crippen molar-refractivity contribution in [3.05, 3.63) is 30.0 Å². The highest BCUT2D eigenvalue weighted by atomic mass is 16.5. The summed E-state index contributed by atoms with van der Waals surface area (Å²) in [6.45, 7) is 3.37. The summed E-state index contributed by atoms with van der Waals surface area (Å²) in [7, 11) is 2.04. The van der Waals surface area contributed by atoms with Crippen LogP contribution >= 0.6 is 0 Å². The molecular weight excluding hydrogens is 188 g/mol. The van der Waals surface area contributed by atoms with Crippen molar-refractivity contribution >= 4 is 16.6 Å². The van der Waals surface area contributed by atoms with Crippen molar-refractivity contribution in [2.75, 3.05) is 12.3 Å². The molecule has 0 aliphatic heterocycles. The second kappa shape index (κ2) is 3.95. The maximum Gasteiger partial charge on any atom is 0.0867 e. The zero-order chi connectivity index (χ0) is 10.8. The van der Waals surface area contributed by atoms with E-state index in [0.29, 0.717) is 6.61 Å². The average Bonchev–Trinajstić information content (AvgIpc) is 2.55. The number of nitrogens with two attached hydrogens (primary N) is 1. The number of fused-ring (bicyclic) bond motifs is 1. The van der Waals surface area contributed by atoms with E-state index in [9.17, 15) is 0 Å². The lowest BCUT2D eigenvalue weighted by Gasteiger charge is -2.03. The molecule has 2 aromatic rings. The van der Waals surface area contributed by atoms with Crippen molar-refractivity contribution in [3.63, 3.8) is 0 Å². The summed E-state index contributed by atoms with van der Waals surface area (Å²) in [6.07, 6.45) is 0. The van der Waals surface area contributed by atoms with Gasteiger partial charge in [-0.2, -0.15) is 0 Å². The number of hydrogen-bond acceptors (Lipinski definition) is 2. The second-order valence-electron chi connectivity index (χ2n) is 3.61. The molecule has 80 valence electrons. The van der Waals surface area contributed by atoms with E-state index in [4.69, 9.17) is 10.5 Å². The van der Waals surface area contributed by atoms with E-state index >= 15 is 0 Å². The van der Waals surface area contributed by atoms with Crippen LogP contribution < -0.4 is 5.73 Å². The van der Waals surface area contributed by atoms with Gasteiger partial charge < -0.3 is 15.0 Å². The number of benzene rings is 1. The molecule has 2 rings (SSSR count). The van der Waals surface area contributed by atoms with Gasteiger partial charge in [0.1, 0.15) is 0 Å². The Morgan fingerprint density at radius 2 is 2.20 bits per heavy atom. The molecule has 0 fully saturated rings. The Balaban J connectivity index is 2.49. The second-order valence-corrected chi connectivity index (χ2v) is 3.61. The number of hydrogen-bond donors (Lipinski definition) is 1. The molecule has 1 aromatic heterocycles. The van der Waals surface area contributed by atoms with E-state index in [1.54, 1.807) is 0 Å². The van der Waals surface area contributed by atoms with E-state index in [1.165, 1.54) is 0 Å². The first-order chi connectivity index (χ1) is 7.24. The number of anilines is 1. The van der Waals surface area contributed by atoms with E-state index in [2.05, 4.69) is 16.7 Å². The van der Waals surface area contributed by atoms with Crippen LogP contribution in [0.1, 0.15) is 12.6 Å². The monoisotopic (exact) mass is 204 g/mol. The van der Waals surface area contributed by atoms with Crippen molar-refractivity contribution in [1.82, 2.24) is 4.57 Å². The van der Waals surface area contributed by atoms with Gasteiger partial charge in [0, 0.05) is 30.4 Å². The molecule has 0 bridgehead atoms. The molecule has 0 spiro atoms. The third-order valence-electron chi connectivity index (χ3n) is 2.67. The van der Waals surface area contributed by atoms with Crippen LogP contribution in [0.3, 0.4) is 0 Å². The predicted molar refractivity (Wildman–Crippen MR) is 62.7 cm³/mol. The summed E-state index contributed by atoms with van der Waals surface area (Å²) in [5.74, 6) is 0. The van der Waals surface area contributed by atoms with Crippen LogP contribution in [0, 0.1) is 0 Å². The third kappa shape index (κ3) is 1.70. The van der Waals surface area contributed by atoms with E-state index in [-0.39, 0.29) is 0 Å². The Labute approximate surface area is 89.4 Å². The number of rotatable bonds is 3.